The molecule has 2 aromatic heterocycles. The molecular weight excluding hydrogens is 228 g/mol. The Morgan fingerprint density at radius 2 is 2.17 bits per heavy atom. The summed E-state index contributed by atoms with van der Waals surface area (Å²) in [6.07, 6.45) is 5.96. The van der Waals surface area contributed by atoms with Crippen LogP contribution in [0.25, 0.3) is 11.3 Å². The number of benzene rings is 1. The topological polar surface area (TPSA) is 52.2 Å². The molecule has 0 radical (unpaired) electrons. The minimum Gasteiger partial charge on any atom is -0.283 e. The van der Waals surface area contributed by atoms with Crippen molar-refractivity contribution < 1.29 is 0 Å². The van der Waals surface area contributed by atoms with Gasteiger partial charge in [-0.15, -0.1) is 10.2 Å². The number of aryl methyl sites for hydroxylation is 1. The summed E-state index contributed by atoms with van der Waals surface area (Å²) < 4.78 is 3.20. The highest BCUT2D eigenvalue weighted by Crippen LogP contribution is 2.09. The van der Waals surface area contributed by atoms with E-state index in [1.54, 1.807) is 21.4 Å². The van der Waals surface area contributed by atoms with E-state index < -0.39 is 0 Å². The predicted octanol–water partition coefficient (Wildman–Crippen LogP) is 1.44. The Morgan fingerprint density at radius 1 is 1.28 bits per heavy atom. The maximum absolute atomic E-state index is 12.2. The third-order valence-electron chi connectivity index (χ3n) is 2.96. The van der Waals surface area contributed by atoms with Gasteiger partial charge in [-0.05, 0) is 24.1 Å². The Labute approximate surface area is 103 Å². The minimum absolute atomic E-state index is 0.164. The van der Waals surface area contributed by atoms with Gasteiger partial charge >= 0.3 is 5.56 Å². The molecule has 3 rings (SSSR count). The normalized spacial score (nSPS) is 10.9. The summed E-state index contributed by atoms with van der Waals surface area (Å²) in [5.41, 5.74) is 2.22. The van der Waals surface area contributed by atoms with Crippen molar-refractivity contribution in [1.82, 2.24) is 19.2 Å². The standard InChI is InChI=1S/C13H12N4O/c1-2-10-4-3-5-11(8-10)17-7-6-16-9-14-15-12(16)13(17)18/h3-9H,2H2,1H3. The molecule has 18 heavy (non-hydrogen) atoms. The molecule has 0 aliphatic carbocycles. The van der Waals surface area contributed by atoms with Gasteiger partial charge in [0.1, 0.15) is 6.33 Å². The Kier molecular flexibility index (Phi) is 2.44. The van der Waals surface area contributed by atoms with Crippen molar-refractivity contribution in [3.05, 3.63) is 58.9 Å². The van der Waals surface area contributed by atoms with Crippen LogP contribution >= 0.6 is 0 Å². The van der Waals surface area contributed by atoms with Crippen molar-refractivity contribution in [2.24, 2.45) is 0 Å². The zero-order valence-corrected chi connectivity index (χ0v) is 9.95. The molecule has 0 amide bonds. The van der Waals surface area contributed by atoms with Gasteiger partial charge in [-0.2, -0.15) is 0 Å². The van der Waals surface area contributed by atoms with Gasteiger partial charge in [0.15, 0.2) is 0 Å². The summed E-state index contributed by atoms with van der Waals surface area (Å²) in [5.74, 6) is 0. The fourth-order valence-corrected chi connectivity index (χ4v) is 1.95. The molecule has 90 valence electrons. The molecule has 1 aromatic carbocycles. The molecule has 0 spiro atoms. The molecule has 0 aliphatic rings. The van der Waals surface area contributed by atoms with Gasteiger partial charge < -0.3 is 0 Å². The molecular formula is C13H12N4O. The summed E-state index contributed by atoms with van der Waals surface area (Å²) in [6, 6.07) is 7.92. The van der Waals surface area contributed by atoms with E-state index >= 15 is 0 Å². The fraction of sp³-hybridized carbons (Fsp3) is 0.154. The average molecular weight is 240 g/mol. The van der Waals surface area contributed by atoms with Gasteiger partial charge in [0.05, 0.1) is 0 Å². The van der Waals surface area contributed by atoms with E-state index in [2.05, 4.69) is 17.1 Å². The number of aromatic nitrogens is 4. The Bertz CT molecular complexity index is 757. The van der Waals surface area contributed by atoms with E-state index in [4.69, 9.17) is 0 Å². The van der Waals surface area contributed by atoms with Crippen molar-refractivity contribution in [2.45, 2.75) is 13.3 Å². The molecule has 0 unspecified atom stereocenters. The number of fused-ring (bicyclic) bond motifs is 1. The van der Waals surface area contributed by atoms with Crippen LogP contribution in [0.4, 0.5) is 0 Å². The monoisotopic (exact) mass is 240 g/mol. The molecule has 0 fully saturated rings. The van der Waals surface area contributed by atoms with Crippen molar-refractivity contribution >= 4 is 5.65 Å². The minimum atomic E-state index is -0.164. The quantitative estimate of drug-likeness (QED) is 0.681. The molecule has 0 bridgehead atoms. The Morgan fingerprint density at radius 3 is 3.00 bits per heavy atom. The lowest BCUT2D eigenvalue weighted by molar-refractivity contribution is 0.945. The van der Waals surface area contributed by atoms with Crippen LogP contribution in [0.5, 0.6) is 0 Å². The first-order valence-electron chi connectivity index (χ1n) is 5.80. The Hall–Kier alpha value is -2.43. The van der Waals surface area contributed by atoms with Crippen LogP contribution in [0.3, 0.4) is 0 Å². The summed E-state index contributed by atoms with van der Waals surface area (Å²) in [5, 5.41) is 7.56. The van der Waals surface area contributed by atoms with Crippen LogP contribution in [-0.2, 0) is 6.42 Å². The number of rotatable bonds is 2. The van der Waals surface area contributed by atoms with Crippen molar-refractivity contribution in [1.29, 1.82) is 0 Å². The van der Waals surface area contributed by atoms with Crippen LogP contribution in [0.2, 0.25) is 0 Å². The first kappa shape index (κ1) is 10.7. The molecule has 0 atom stereocenters. The van der Waals surface area contributed by atoms with Gasteiger partial charge in [-0.1, -0.05) is 19.1 Å². The van der Waals surface area contributed by atoms with Crippen molar-refractivity contribution in [3.8, 4) is 5.69 Å². The second-order valence-corrected chi connectivity index (χ2v) is 4.06. The molecule has 0 N–H and O–H groups in total. The molecule has 5 nitrogen and oxygen atoms in total. The maximum Gasteiger partial charge on any atom is 0.300 e. The van der Waals surface area contributed by atoms with Gasteiger partial charge in [-0.3, -0.25) is 13.8 Å². The number of nitrogens with zero attached hydrogens (tertiary/aromatic N) is 4. The highest BCUT2D eigenvalue weighted by Gasteiger charge is 2.06. The first-order valence-corrected chi connectivity index (χ1v) is 5.80. The second kappa shape index (κ2) is 4.10. The van der Waals surface area contributed by atoms with E-state index in [-0.39, 0.29) is 5.56 Å². The van der Waals surface area contributed by atoms with E-state index in [9.17, 15) is 4.79 Å². The number of hydrogen-bond acceptors (Lipinski definition) is 3. The van der Waals surface area contributed by atoms with E-state index in [1.807, 2.05) is 24.3 Å². The average Bonchev–Trinajstić information content (AvgIpc) is 2.88. The molecule has 3 aromatic rings. The Balaban J connectivity index is 2.24. The van der Waals surface area contributed by atoms with E-state index in [1.165, 1.54) is 11.9 Å². The largest absolute Gasteiger partial charge is 0.300 e. The van der Waals surface area contributed by atoms with Gasteiger partial charge in [0, 0.05) is 18.1 Å². The lowest BCUT2D eigenvalue weighted by Crippen LogP contribution is -2.20. The zero-order chi connectivity index (χ0) is 12.5. The van der Waals surface area contributed by atoms with Crippen molar-refractivity contribution in [2.75, 3.05) is 0 Å². The molecule has 0 saturated carbocycles. The summed E-state index contributed by atoms with van der Waals surface area (Å²) in [7, 11) is 0. The first-order chi connectivity index (χ1) is 8.79. The highest BCUT2D eigenvalue weighted by molar-refractivity contribution is 5.41. The van der Waals surface area contributed by atoms with Gasteiger partial charge in [0.2, 0.25) is 5.65 Å². The second-order valence-electron chi connectivity index (χ2n) is 4.06. The predicted molar refractivity (Wildman–Crippen MR) is 68.0 cm³/mol. The number of hydrogen-bond donors (Lipinski definition) is 0. The van der Waals surface area contributed by atoms with Crippen LogP contribution in [0.1, 0.15) is 12.5 Å². The van der Waals surface area contributed by atoms with E-state index in [0.717, 1.165) is 12.1 Å². The molecule has 2 heterocycles. The van der Waals surface area contributed by atoms with Crippen molar-refractivity contribution in [3.63, 3.8) is 0 Å². The van der Waals surface area contributed by atoms with Crippen LogP contribution in [-0.4, -0.2) is 19.2 Å². The lowest BCUT2D eigenvalue weighted by atomic mass is 10.1. The fourth-order valence-electron chi connectivity index (χ4n) is 1.95. The van der Waals surface area contributed by atoms with E-state index in [0.29, 0.717) is 5.65 Å². The summed E-state index contributed by atoms with van der Waals surface area (Å²) >= 11 is 0. The van der Waals surface area contributed by atoms with Gasteiger partial charge in [-0.25, -0.2) is 0 Å². The molecule has 0 aliphatic heterocycles. The van der Waals surface area contributed by atoms with Crippen LogP contribution in [0.15, 0.2) is 47.8 Å². The highest BCUT2D eigenvalue weighted by atomic mass is 16.1. The lowest BCUT2D eigenvalue weighted by Gasteiger charge is -2.07. The molecule has 0 saturated heterocycles. The SMILES string of the molecule is CCc1cccc(-n2ccn3cnnc3c2=O)c1. The van der Waals surface area contributed by atoms with Crippen LogP contribution in [0, 0.1) is 0 Å². The smallest absolute Gasteiger partial charge is 0.283 e. The summed E-state index contributed by atoms with van der Waals surface area (Å²) in [6.45, 7) is 2.09. The summed E-state index contributed by atoms with van der Waals surface area (Å²) in [4.78, 5) is 12.2. The van der Waals surface area contributed by atoms with Gasteiger partial charge in [0.25, 0.3) is 0 Å². The molecule has 5 heteroatoms. The van der Waals surface area contributed by atoms with Crippen LogP contribution < -0.4 is 5.56 Å². The zero-order valence-electron chi connectivity index (χ0n) is 9.95. The maximum atomic E-state index is 12.2. The third-order valence-corrected chi connectivity index (χ3v) is 2.96. The third kappa shape index (κ3) is 1.60.